The second-order valence-corrected chi connectivity index (χ2v) is 4.67. The van der Waals surface area contributed by atoms with Crippen LogP contribution < -0.4 is 10.1 Å². The summed E-state index contributed by atoms with van der Waals surface area (Å²) in [4.78, 5) is 19.2. The molecule has 8 heteroatoms. The lowest BCUT2D eigenvalue weighted by Gasteiger charge is -2.10. The molecule has 0 bridgehead atoms. The molecule has 2 aromatic rings. The van der Waals surface area contributed by atoms with Gasteiger partial charge in [0.1, 0.15) is 11.4 Å². The van der Waals surface area contributed by atoms with Crippen LogP contribution in [0.15, 0.2) is 40.5 Å². The molecule has 2 rings (SSSR count). The van der Waals surface area contributed by atoms with Gasteiger partial charge in [0.15, 0.2) is 11.6 Å². The van der Waals surface area contributed by atoms with Gasteiger partial charge < -0.3 is 10.1 Å². The van der Waals surface area contributed by atoms with Crippen LogP contribution in [0, 0.1) is 10.1 Å². The lowest BCUT2D eigenvalue weighted by atomic mass is 10.3. The molecule has 0 fully saturated rings. The number of nitro groups is 1. The van der Waals surface area contributed by atoms with Crippen molar-refractivity contribution in [2.75, 3.05) is 19.5 Å². The topological polar surface area (TPSA) is 90.2 Å². The fourth-order valence-corrected chi connectivity index (χ4v) is 2.57. The molecule has 20 heavy (non-hydrogen) atoms. The molecule has 7 nitrogen and oxygen atoms in total. The summed E-state index contributed by atoms with van der Waals surface area (Å²) < 4.78 is 5.26. The van der Waals surface area contributed by atoms with E-state index in [4.69, 9.17) is 4.74 Å². The number of hydrogen-bond acceptors (Lipinski definition) is 7. The molecule has 1 N–H and O–H groups in total. The highest BCUT2D eigenvalue weighted by molar-refractivity contribution is 7.99. The standard InChI is InChI=1S/C12H12N4O3S/c1-13-11-10(19-2)12(15-7-14-11)20-9-6-4-3-5-8(9)16(17)18/h3-7H,1-2H3,(H,13,14,15). The van der Waals surface area contributed by atoms with E-state index in [9.17, 15) is 10.1 Å². The normalized spacial score (nSPS) is 10.1. The Balaban J connectivity index is 2.43. The number of nitrogens with one attached hydrogen (secondary N) is 1. The van der Waals surface area contributed by atoms with Gasteiger partial charge in [-0.25, -0.2) is 9.97 Å². The van der Waals surface area contributed by atoms with Gasteiger partial charge in [-0.3, -0.25) is 10.1 Å². The molecule has 0 saturated carbocycles. The van der Waals surface area contributed by atoms with Crippen molar-refractivity contribution in [2.45, 2.75) is 9.92 Å². The molecule has 0 aliphatic rings. The largest absolute Gasteiger partial charge is 0.490 e. The van der Waals surface area contributed by atoms with E-state index in [-0.39, 0.29) is 5.69 Å². The fraction of sp³-hybridized carbons (Fsp3) is 0.167. The number of rotatable bonds is 5. The number of ether oxygens (including phenoxy) is 1. The molecular weight excluding hydrogens is 280 g/mol. The number of para-hydroxylation sites is 1. The Hall–Kier alpha value is -2.35. The summed E-state index contributed by atoms with van der Waals surface area (Å²) in [5.41, 5.74) is 0.0316. The number of hydrogen-bond donors (Lipinski definition) is 1. The van der Waals surface area contributed by atoms with Gasteiger partial charge in [-0.15, -0.1) is 0 Å². The minimum Gasteiger partial charge on any atom is -0.490 e. The van der Waals surface area contributed by atoms with E-state index in [1.807, 2.05) is 0 Å². The molecule has 0 radical (unpaired) electrons. The first kappa shape index (κ1) is 14.1. The Bertz CT molecular complexity index is 636. The highest BCUT2D eigenvalue weighted by atomic mass is 32.2. The van der Waals surface area contributed by atoms with Crippen LogP contribution >= 0.6 is 11.8 Å². The quantitative estimate of drug-likeness (QED) is 0.514. The third kappa shape index (κ3) is 2.80. The summed E-state index contributed by atoms with van der Waals surface area (Å²) in [6.45, 7) is 0. The predicted octanol–water partition coefficient (Wildman–Crippen LogP) is 2.59. The van der Waals surface area contributed by atoms with Crippen LogP contribution in [0.1, 0.15) is 0 Å². The first-order valence-electron chi connectivity index (χ1n) is 5.65. The maximum Gasteiger partial charge on any atom is 0.283 e. The first-order chi connectivity index (χ1) is 9.67. The minimum atomic E-state index is -0.422. The second kappa shape index (κ2) is 6.20. The smallest absolute Gasteiger partial charge is 0.283 e. The lowest BCUT2D eigenvalue weighted by molar-refractivity contribution is -0.387. The van der Waals surface area contributed by atoms with Crippen LogP contribution in [0.25, 0.3) is 0 Å². The zero-order valence-corrected chi connectivity index (χ0v) is 11.7. The number of aromatic nitrogens is 2. The van der Waals surface area contributed by atoms with Crippen LogP contribution in [0.3, 0.4) is 0 Å². The van der Waals surface area contributed by atoms with Crippen LogP contribution in [0.2, 0.25) is 0 Å². The Morgan fingerprint density at radius 1 is 1.35 bits per heavy atom. The van der Waals surface area contributed by atoms with E-state index < -0.39 is 4.92 Å². The van der Waals surface area contributed by atoms with Crippen molar-refractivity contribution in [3.8, 4) is 5.75 Å². The van der Waals surface area contributed by atoms with Crippen LogP contribution in [0.4, 0.5) is 11.5 Å². The molecule has 104 valence electrons. The van der Waals surface area contributed by atoms with Gasteiger partial charge in [0, 0.05) is 13.1 Å². The van der Waals surface area contributed by atoms with Crippen molar-refractivity contribution in [3.05, 3.63) is 40.7 Å². The summed E-state index contributed by atoms with van der Waals surface area (Å²) in [5.74, 6) is 0.988. The van der Waals surface area contributed by atoms with E-state index in [2.05, 4.69) is 15.3 Å². The number of methoxy groups -OCH3 is 1. The van der Waals surface area contributed by atoms with Gasteiger partial charge in [0.05, 0.1) is 16.9 Å². The van der Waals surface area contributed by atoms with Crippen LogP contribution in [0.5, 0.6) is 5.75 Å². The fourth-order valence-electron chi connectivity index (χ4n) is 1.59. The monoisotopic (exact) mass is 292 g/mol. The lowest BCUT2D eigenvalue weighted by Crippen LogP contribution is -2.00. The van der Waals surface area contributed by atoms with Crippen molar-refractivity contribution < 1.29 is 9.66 Å². The molecule has 0 atom stereocenters. The van der Waals surface area contributed by atoms with E-state index in [0.29, 0.717) is 21.5 Å². The summed E-state index contributed by atoms with van der Waals surface area (Å²) >= 11 is 1.17. The Morgan fingerprint density at radius 2 is 2.10 bits per heavy atom. The first-order valence-corrected chi connectivity index (χ1v) is 6.47. The van der Waals surface area contributed by atoms with Gasteiger partial charge in [-0.1, -0.05) is 23.9 Å². The molecule has 0 aliphatic carbocycles. The number of nitro benzene ring substituents is 1. The van der Waals surface area contributed by atoms with Gasteiger partial charge >= 0.3 is 0 Å². The third-order valence-electron chi connectivity index (χ3n) is 2.48. The van der Waals surface area contributed by atoms with Crippen molar-refractivity contribution in [1.29, 1.82) is 0 Å². The Morgan fingerprint density at radius 3 is 2.75 bits per heavy atom. The maximum atomic E-state index is 11.0. The summed E-state index contributed by atoms with van der Waals surface area (Å²) in [6.07, 6.45) is 1.38. The van der Waals surface area contributed by atoms with Crippen molar-refractivity contribution in [2.24, 2.45) is 0 Å². The summed E-state index contributed by atoms with van der Waals surface area (Å²) in [7, 11) is 3.22. The highest BCUT2D eigenvalue weighted by Gasteiger charge is 2.18. The molecule has 1 heterocycles. The van der Waals surface area contributed by atoms with Crippen molar-refractivity contribution in [3.63, 3.8) is 0 Å². The summed E-state index contributed by atoms with van der Waals surface area (Å²) in [6, 6.07) is 6.48. The zero-order valence-electron chi connectivity index (χ0n) is 10.9. The number of nitrogens with zero attached hydrogens (tertiary/aromatic N) is 3. The van der Waals surface area contributed by atoms with Gasteiger partial charge in [0.25, 0.3) is 5.69 Å². The van der Waals surface area contributed by atoms with E-state index in [1.165, 1.54) is 31.3 Å². The van der Waals surface area contributed by atoms with Crippen molar-refractivity contribution in [1.82, 2.24) is 9.97 Å². The maximum absolute atomic E-state index is 11.0. The second-order valence-electron chi connectivity index (χ2n) is 3.64. The molecule has 0 aliphatic heterocycles. The third-order valence-corrected chi connectivity index (χ3v) is 3.53. The van der Waals surface area contributed by atoms with Gasteiger partial charge in [-0.2, -0.15) is 0 Å². The summed E-state index contributed by atoms with van der Waals surface area (Å²) in [5, 5.41) is 14.4. The average molecular weight is 292 g/mol. The molecule has 0 unspecified atom stereocenters. The molecule has 0 spiro atoms. The van der Waals surface area contributed by atoms with E-state index in [1.54, 1.807) is 25.2 Å². The van der Waals surface area contributed by atoms with E-state index in [0.717, 1.165) is 0 Å². The molecule has 1 aromatic carbocycles. The van der Waals surface area contributed by atoms with Crippen molar-refractivity contribution >= 4 is 23.3 Å². The van der Waals surface area contributed by atoms with Gasteiger partial charge in [0.2, 0.25) is 0 Å². The molecular formula is C12H12N4O3S. The Labute approximate surface area is 119 Å². The van der Waals surface area contributed by atoms with Crippen LogP contribution in [-0.4, -0.2) is 29.0 Å². The predicted molar refractivity (Wildman–Crippen MR) is 75.4 cm³/mol. The Kier molecular flexibility index (Phi) is 4.36. The highest BCUT2D eigenvalue weighted by Crippen LogP contribution is 2.39. The van der Waals surface area contributed by atoms with E-state index >= 15 is 0 Å². The zero-order chi connectivity index (χ0) is 14.5. The molecule has 0 amide bonds. The number of anilines is 1. The van der Waals surface area contributed by atoms with Gasteiger partial charge in [-0.05, 0) is 6.07 Å². The van der Waals surface area contributed by atoms with Crippen LogP contribution in [-0.2, 0) is 0 Å². The minimum absolute atomic E-state index is 0.0316. The average Bonchev–Trinajstić information content (AvgIpc) is 2.47. The molecule has 1 aromatic heterocycles. The molecule has 0 saturated heterocycles. The SMILES string of the molecule is CNc1ncnc(Sc2ccccc2[N+](=O)[O-])c1OC. The number of benzene rings is 1.